The molecule has 0 fully saturated rings. The van der Waals surface area contributed by atoms with Crippen LogP contribution in [0.3, 0.4) is 0 Å². The molecule has 0 bridgehead atoms. The highest BCUT2D eigenvalue weighted by atomic mass is 16.6. The number of ether oxygens (including phenoxy) is 2. The number of cyclic esters (lactones) is 1. The van der Waals surface area contributed by atoms with Crippen LogP contribution in [-0.2, 0) is 4.74 Å². The van der Waals surface area contributed by atoms with Gasteiger partial charge in [0.05, 0.1) is 5.56 Å². The van der Waals surface area contributed by atoms with Gasteiger partial charge in [0.25, 0.3) is 0 Å². The van der Waals surface area contributed by atoms with Crippen LogP contribution in [0.4, 0.5) is 0 Å². The Labute approximate surface area is 126 Å². The van der Waals surface area contributed by atoms with Crippen LogP contribution in [0.5, 0.6) is 11.5 Å². The van der Waals surface area contributed by atoms with Crippen LogP contribution in [0, 0.1) is 0 Å². The molecule has 22 heavy (non-hydrogen) atoms. The molecule has 4 rings (SSSR count). The van der Waals surface area contributed by atoms with Crippen molar-refractivity contribution in [3.8, 4) is 11.5 Å². The van der Waals surface area contributed by atoms with Gasteiger partial charge < -0.3 is 14.6 Å². The summed E-state index contributed by atoms with van der Waals surface area (Å²) in [4.78, 5) is 11.5. The average molecular weight is 292 g/mol. The summed E-state index contributed by atoms with van der Waals surface area (Å²) in [5.41, 5.74) is 0.807. The molecular weight excluding hydrogens is 280 g/mol. The number of esters is 1. The Morgan fingerprint density at radius 2 is 1.64 bits per heavy atom. The summed E-state index contributed by atoms with van der Waals surface area (Å²) in [7, 11) is 0. The van der Waals surface area contributed by atoms with Crippen molar-refractivity contribution in [1.82, 2.24) is 0 Å². The summed E-state index contributed by atoms with van der Waals surface area (Å²) in [6, 6.07) is 18.7. The van der Waals surface area contributed by atoms with Crippen molar-refractivity contribution in [2.45, 2.75) is 6.29 Å². The van der Waals surface area contributed by atoms with Gasteiger partial charge in [-0.15, -0.1) is 0 Å². The average Bonchev–Trinajstić information content (AvgIpc) is 2.82. The monoisotopic (exact) mass is 292 g/mol. The standard InChI is InChI=1S/C18H12O4/c19-17-15-8-7-14(10-16(15)18(20)22-17)21-13-6-5-11-3-1-2-4-12(11)9-13/h1-10,18,20H. The quantitative estimate of drug-likeness (QED) is 0.730. The zero-order valence-electron chi connectivity index (χ0n) is 11.5. The van der Waals surface area contributed by atoms with Crippen molar-refractivity contribution in [2.24, 2.45) is 0 Å². The summed E-state index contributed by atoms with van der Waals surface area (Å²) in [6.07, 6.45) is -1.22. The molecule has 1 heterocycles. The molecule has 0 aliphatic carbocycles. The van der Waals surface area contributed by atoms with Gasteiger partial charge in [-0.05, 0) is 41.1 Å². The van der Waals surface area contributed by atoms with E-state index in [2.05, 4.69) is 0 Å². The number of aliphatic hydroxyl groups excluding tert-OH is 1. The van der Waals surface area contributed by atoms with Crippen LogP contribution in [0.2, 0.25) is 0 Å². The molecule has 1 aliphatic rings. The fourth-order valence-electron chi connectivity index (χ4n) is 2.59. The topological polar surface area (TPSA) is 55.8 Å². The Bertz CT molecular complexity index is 885. The van der Waals surface area contributed by atoms with Gasteiger partial charge >= 0.3 is 5.97 Å². The van der Waals surface area contributed by atoms with Gasteiger partial charge in [-0.25, -0.2) is 4.79 Å². The second-order valence-corrected chi connectivity index (χ2v) is 5.12. The van der Waals surface area contributed by atoms with Crippen LogP contribution in [0.1, 0.15) is 22.2 Å². The van der Waals surface area contributed by atoms with E-state index < -0.39 is 12.3 Å². The van der Waals surface area contributed by atoms with Gasteiger partial charge in [-0.2, -0.15) is 0 Å². The zero-order valence-corrected chi connectivity index (χ0v) is 11.5. The normalized spacial score (nSPS) is 16.4. The molecule has 0 saturated carbocycles. The Morgan fingerprint density at radius 1 is 0.909 bits per heavy atom. The van der Waals surface area contributed by atoms with Crippen molar-refractivity contribution < 1.29 is 19.4 Å². The third-order valence-corrected chi connectivity index (χ3v) is 3.68. The summed E-state index contributed by atoms with van der Waals surface area (Å²) >= 11 is 0. The summed E-state index contributed by atoms with van der Waals surface area (Å²) < 4.78 is 10.6. The lowest BCUT2D eigenvalue weighted by Crippen LogP contribution is -1.95. The van der Waals surface area contributed by atoms with E-state index in [-0.39, 0.29) is 0 Å². The Hall–Kier alpha value is -2.85. The fourth-order valence-corrected chi connectivity index (χ4v) is 2.59. The van der Waals surface area contributed by atoms with Crippen molar-refractivity contribution in [2.75, 3.05) is 0 Å². The number of hydrogen-bond donors (Lipinski definition) is 1. The van der Waals surface area contributed by atoms with E-state index in [9.17, 15) is 9.90 Å². The van der Waals surface area contributed by atoms with E-state index in [1.807, 2.05) is 42.5 Å². The lowest BCUT2D eigenvalue weighted by Gasteiger charge is -2.08. The predicted molar refractivity (Wildman–Crippen MR) is 80.8 cm³/mol. The van der Waals surface area contributed by atoms with Gasteiger partial charge in [0.1, 0.15) is 11.5 Å². The van der Waals surface area contributed by atoms with Gasteiger partial charge in [0, 0.05) is 5.56 Å². The SMILES string of the molecule is O=C1OC(O)c2cc(Oc3ccc4ccccc4c3)ccc21. The van der Waals surface area contributed by atoms with E-state index in [1.54, 1.807) is 18.2 Å². The maximum atomic E-state index is 11.5. The van der Waals surface area contributed by atoms with Crippen LogP contribution in [0.25, 0.3) is 10.8 Å². The molecule has 0 spiro atoms. The maximum absolute atomic E-state index is 11.5. The first-order valence-corrected chi connectivity index (χ1v) is 6.90. The van der Waals surface area contributed by atoms with Crippen molar-refractivity contribution in [3.05, 3.63) is 71.8 Å². The number of carbonyl (C=O) groups is 1. The summed E-state index contributed by atoms with van der Waals surface area (Å²) in [5.74, 6) is 0.726. The van der Waals surface area contributed by atoms with Crippen LogP contribution in [0.15, 0.2) is 60.7 Å². The van der Waals surface area contributed by atoms with Gasteiger partial charge in [-0.3, -0.25) is 0 Å². The minimum absolute atomic E-state index is 0.373. The third kappa shape index (κ3) is 2.10. The second-order valence-electron chi connectivity index (χ2n) is 5.12. The Morgan fingerprint density at radius 3 is 2.50 bits per heavy atom. The first kappa shape index (κ1) is 12.9. The highest BCUT2D eigenvalue weighted by Gasteiger charge is 2.29. The Kier molecular flexibility index (Phi) is 2.84. The third-order valence-electron chi connectivity index (χ3n) is 3.68. The lowest BCUT2D eigenvalue weighted by molar-refractivity contribution is -0.0548. The summed E-state index contributed by atoms with van der Waals surface area (Å²) in [6.45, 7) is 0. The number of carbonyl (C=O) groups excluding carboxylic acids is 1. The van der Waals surface area contributed by atoms with E-state index in [0.717, 1.165) is 10.8 Å². The predicted octanol–water partition coefficient (Wildman–Crippen LogP) is 3.79. The molecule has 4 nitrogen and oxygen atoms in total. The van der Waals surface area contributed by atoms with Gasteiger partial charge in [0.2, 0.25) is 6.29 Å². The van der Waals surface area contributed by atoms with Crippen LogP contribution >= 0.6 is 0 Å². The van der Waals surface area contributed by atoms with E-state index in [1.165, 1.54) is 0 Å². The van der Waals surface area contributed by atoms with Gasteiger partial charge in [0.15, 0.2) is 0 Å². The highest BCUT2D eigenvalue weighted by Crippen LogP contribution is 2.33. The largest absolute Gasteiger partial charge is 0.457 e. The number of rotatable bonds is 2. The molecule has 1 atom stereocenters. The minimum atomic E-state index is -1.22. The van der Waals surface area contributed by atoms with E-state index >= 15 is 0 Å². The number of fused-ring (bicyclic) bond motifs is 2. The van der Waals surface area contributed by atoms with Crippen molar-refractivity contribution in [1.29, 1.82) is 0 Å². The minimum Gasteiger partial charge on any atom is -0.457 e. The molecule has 1 unspecified atom stereocenters. The molecule has 0 aromatic heterocycles. The molecule has 0 radical (unpaired) electrons. The Balaban J connectivity index is 1.68. The molecular formula is C18H12O4. The molecule has 0 amide bonds. The van der Waals surface area contributed by atoms with E-state index in [4.69, 9.17) is 9.47 Å². The molecule has 4 heteroatoms. The number of benzene rings is 3. The smallest absolute Gasteiger partial charge is 0.341 e. The second kappa shape index (κ2) is 4.86. The molecule has 3 aromatic rings. The maximum Gasteiger partial charge on any atom is 0.341 e. The van der Waals surface area contributed by atoms with Crippen LogP contribution < -0.4 is 4.74 Å². The molecule has 1 N–H and O–H groups in total. The number of aliphatic hydroxyl groups is 1. The first-order valence-electron chi connectivity index (χ1n) is 6.90. The van der Waals surface area contributed by atoms with Gasteiger partial charge in [-0.1, -0.05) is 30.3 Å². The fraction of sp³-hybridized carbons (Fsp3) is 0.0556. The van der Waals surface area contributed by atoms with Crippen LogP contribution in [-0.4, -0.2) is 11.1 Å². The first-order chi connectivity index (χ1) is 10.7. The van der Waals surface area contributed by atoms with Crippen molar-refractivity contribution in [3.63, 3.8) is 0 Å². The molecule has 3 aromatic carbocycles. The molecule has 0 saturated heterocycles. The molecule has 1 aliphatic heterocycles. The zero-order chi connectivity index (χ0) is 15.1. The van der Waals surface area contributed by atoms with E-state index in [0.29, 0.717) is 22.6 Å². The van der Waals surface area contributed by atoms with Crippen molar-refractivity contribution >= 4 is 16.7 Å². The summed E-state index contributed by atoms with van der Waals surface area (Å²) in [5, 5.41) is 11.9. The highest BCUT2D eigenvalue weighted by molar-refractivity contribution is 5.94. The lowest BCUT2D eigenvalue weighted by atomic mass is 10.1. The molecule has 108 valence electrons. The number of hydrogen-bond acceptors (Lipinski definition) is 4.